The lowest BCUT2D eigenvalue weighted by Gasteiger charge is -2.06. The maximum Gasteiger partial charge on any atom is 0.0624 e. The van der Waals surface area contributed by atoms with Crippen molar-refractivity contribution in [3.05, 3.63) is 0 Å². The van der Waals surface area contributed by atoms with Gasteiger partial charge in [-0.2, -0.15) is 5.26 Å². The molecule has 0 unspecified atom stereocenters. The van der Waals surface area contributed by atoms with Crippen LogP contribution < -0.4 is 0 Å². The molecule has 0 heterocycles. The molecule has 0 spiro atoms. The Bertz CT molecular complexity index is 91.2. The van der Waals surface area contributed by atoms with Gasteiger partial charge in [0.25, 0.3) is 0 Å². The molecule has 0 aliphatic rings. The summed E-state index contributed by atoms with van der Waals surface area (Å²) < 4.78 is 0. The van der Waals surface area contributed by atoms with Crippen LogP contribution in [0.3, 0.4) is 0 Å². The molecule has 0 aliphatic carbocycles. The van der Waals surface area contributed by atoms with Gasteiger partial charge in [-0.25, -0.2) is 0 Å². The molecule has 0 aromatic carbocycles. The molecular formula is C8H15N. The first kappa shape index (κ1) is 8.49. The summed E-state index contributed by atoms with van der Waals surface area (Å²) in [5.41, 5.74) is 0. The van der Waals surface area contributed by atoms with E-state index in [1.807, 2.05) is 0 Å². The largest absolute Gasteiger partial charge is 0.198 e. The van der Waals surface area contributed by atoms with Gasteiger partial charge in [0.2, 0.25) is 0 Å². The minimum absolute atomic E-state index is 0.653. The number of nitrogens with zero attached hydrogens (tertiary/aromatic N) is 1. The van der Waals surface area contributed by atoms with Crippen molar-refractivity contribution in [2.24, 2.45) is 5.92 Å². The van der Waals surface area contributed by atoms with Crippen molar-refractivity contribution in [1.29, 1.82) is 5.26 Å². The highest BCUT2D eigenvalue weighted by atomic mass is 14.2. The van der Waals surface area contributed by atoms with Crippen molar-refractivity contribution < 1.29 is 0 Å². The van der Waals surface area contributed by atoms with E-state index >= 15 is 0 Å². The van der Waals surface area contributed by atoms with Crippen LogP contribution in [0, 0.1) is 17.2 Å². The first-order valence-electron chi connectivity index (χ1n) is 3.72. The molecule has 0 radical (unpaired) electrons. The van der Waals surface area contributed by atoms with Crippen LogP contribution in [0.25, 0.3) is 0 Å². The van der Waals surface area contributed by atoms with Crippen molar-refractivity contribution in [2.75, 3.05) is 0 Å². The summed E-state index contributed by atoms with van der Waals surface area (Å²) in [7, 11) is 0. The molecule has 9 heavy (non-hydrogen) atoms. The quantitative estimate of drug-likeness (QED) is 0.566. The van der Waals surface area contributed by atoms with Crippen LogP contribution in [0.15, 0.2) is 0 Å². The fourth-order valence-electron chi connectivity index (χ4n) is 0.988. The lowest BCUT2D eigenvalue weighted by molar-refractivity contribution is 0.474. The minimum Gasteiger partial charge on any atom is -0.198 e. The Kier molecular flexibility index (Phi) is 5.30. The molecule has 0 rings (SSSR count). The zero-order chi connectivity index (χ0) is 7.11. The lowest BCUT2D eigenvalue weighted by Crippen LogP contribution is -1.95. The van der Waals surface area contributed by atoms with Crippen molar-refractivity contribution in [2.45, 2.75) is 39.5 Å². The molecule has 1 heteroatoms. The highest BCUT2D eigenvalue weighted by Gasteiger charge is 2.01. The summed E-state index contributed by atoms with van der Waals surface area (Å²) in [5, 5.41) is 8.34. The Morgan fingerprint density at radius 2 is 2.11 bits per heavy atom. The van der Waals surface area contributed by atoms with E-state index in [1.165, 1.54) is 12.8 Å². The van der Waals surface area contributed by atoms with Crippen LogP contribution in [-0.4, -0.2) is 0 Å². The summed E-state index contributed by atoms with van der Waals surface area (Å²) in [5.74, 6) is 0.653. The van der Waals surface area contributed by atoms with Gasteiger partial charge in [-0.15, -0.1) is 0 Å². The van der Waals surface area contributed by atoms with Crippen molar-refractivity contribution >= 4 is 0 Å². The van der Waals surface area contributed by atoms with E-state index in [9.17, 15) is 0 Å². The third-order valence-electron chi connectivity index (χ3n) is 1.65. The van der Waals surface area contributed by atoms with Gasteiger partial charge >= 0.3 is 0 Å². The van der Waals surface area contributed by atoms with Gasteiger partial charge in [0.15, 0.2) is 0 Å². The van der Waals surface area contributed by atoms with Gasteiger partial charge in [0, 0.05) is 6.42 Å². The first-order valence-corrected chi connectivity index (χ1v) is 3.72. The van der Waals surface area contributed by atoms with Crippen LogP contribution in [0.1, 0.15) is 39.5 Å². The third kappa shape index (κ3) is 4.02. The van der Waals surface area contributed by atoms with Crippen LogP contribution in [0.4, 0.5) is 0 Å². The number of hydrogen-bond acceptors (Lipinski definition) is 1. The minimum atomic E-state index is 0.653. The van der Waals surface area contributed by atoms with Gasteiger partial charge in [0.1, 0.15) is 0 Å². The Balaban J connectivity index is 3.32. The summed E-state index contributed by atoms with van der Waals surface area (Å²) in [6.45, 7) is 4.32. The fraction of sp³-hybridized carbons (Fsp3) is 0.875. The second-order valence-corrected chi connectivity index (χ2v) is 2.43. The highest BCUT2D eigenvalue weighted by Crippen LogP contribution is 2.13. The highest BCUT2D eigenvalue weighted by molar-refractivity contribution is 4.74. The Labute approximate surface area is 57.7 Å². The SMILES string of the molecule is CCC[C@@H](CC)CC#N. The molecular weight excluding hydrogens is 110 g/mol. The molecule has 0 bridgehead atoms. The predicted molar refractivity (Wildman–Crippen MR) is 38.9 cm³/mol. The average Bonchev–Trinajstić information content (AvgIpc) is 1.88. The number of nitriles is 1. The van der Waals surface area contributed by atoms with Gasteiger partial charge in [-0.05, 0) is 12.3 Å². The summed E-state index contributed by atoms with van der Waals surface area (Å²) >= 11 is 0. The van der Waals surface area contributed by atoms with Crippen molar-refractivity contribution in [1.82, 2.24) is 0 Å². The second-order valence-electron chi connectivity index (χ2n) is 2.43. The zero-order valence-corrected chi connectivity index (χ0v) is 6.35. The molecule has 1 atom stereocenters. The molecule has 0 amide bonds. The Morgan fingerprint density at radius 3 is 2.44 bits per heavy atom. The number of hydrogen-bond donors (Lipinski definition) is 0. The Hall–Kier alpha value is -0.510. The van der Waals surface area contributed by atoms with Crippen molar-refractivity contribution in [3.63, 3.8) is 0 Å². The topological polar surface area (TPSA) is 23.8 Å². The van der Waals surface area contributed by atoms with Gasteiger partial charge in [-0.3, -0.25) is 0 Å². The van der Waals surface area contributed by atoms with Crippen LogP contribution in [0.2, 0.25) is 0 Å². The standard InChI is InChI=1S/C8H15N/c1-3-5-8(4-2)6-7-9/h8H,3-6H2,1-2H3/t8-/m1/s1. The molecule has 1 nitrogen and oxygen atoms in total. The van der Waals surface area contributed by atoms with Crippen LogP contribution >= 0.6 is 0 Å². The third-order valence-corrected chi connectivity index (χ3v) is 1.65. The summed E-state index contributed by atoms with van der Waals surface area (Å²) in [6, 6.07) is 2.20. The van der Waals surface area contributed by atoms with Crippen molar-refractivity contribution in [3.8, 4) is 6.07 Å². The first-order chi connectivity index (χ1) is 4.35. The molecule has 0 aliphatic heterocycles. The van der Waals surface area contributed by atoms with E-state index in [-0.39, 0.29) is 0 Å². The fourth-order valence-corrected chi connectivity index (χ4v) is 0.988. The smallest absolute Gasteiger partial charge is 0.0624 e. The van der Waals surface area contributed by atoms with E-state index in [1.54, 1.807) is 0 Å². The molecule has 0 saturated heterocycles. The van der Waals surface area contributed by atoms with Crippen LogP contribution in [-0.2, 0) is 0 Å². The van der Waals surface area contributed by atoms with E-state index in [4.69, 9.17) is 5.26 Å². The van der Waals surface area contributed by atoms with E-state index in [2.05, 4.69) is 19.9 Å². The van der Waals surface area contributed by atoms with E-state index < -0.39 is 0 Å². The van der Waals surface area contributed by atoms with Crippen LogP contribution in [0.5, 0.6) is 0 Å². The molecule has 52 valence electrons. The molecule has 0 N–H and O–H groups in total. The second kappa shape index (κ2) is 5.62. The van der Waals surface area contributed by atoms with Gasteiger partial charge in [0.05, 0.1) is 6.07 Å². The number of rotatable bonds is 4. The van der Waals surface area contributed by atoms with E-state index in [0.717, 1.165) is 12.8 Å². The Morgan fingerprint density at radius 1 is 1.44 bits per heavy atom. The maximum absolute atomic E-state index is 8.34. The van der Waals surface area contributed by atoms with E-state index in [0.29, 0.717) is 5.92 Å². The zero-order valence-electron chi connectivity index (χ0n) is 6.35. The van der Waals surface area contributed by atoms with Gasteiger partial charge in [-0.1, -0.05) is 26.7 Å². The molecule has 0 aromatic rings. The van der Waals surface area contributed by atoms with Gasteiger partial charge < -0.3 is 0 Å². The lowest BCUT2D eigenvalue weighted by atomic mass is 9.98. The summed E-state index contributed by atoms with van der Waals surface area (Å²) in [6.07, 6.45) is 4.32. The molecule has 0 fully saturated rings. The molecule has 0 aromatic heterocycles. The predicted octanol–water partition coefficient (Wildman–Crippen LogP) is 2.73. The normalized spacial score (nSPS) is 12.6. The monoisotopic (exact) mass is 125 g/mol. The maximum atomic E-state index is 8.34. The molecule has 0 saturated carbocycles. The average molecular weight is 125 g/mol. The summed E-state index contributed by atoms with van der Waals surface area (Å²) in [4.78, 5) is 0.